The molecule has 0 saturated heterocycles. The van der Waals surface area contributed by atoms with E-state index < -0.39 is 0 Å². The lowest BCUT2D eigenvalue weighted by Gasteiger charge is -2.15. The summed E-state index contributed by atoms with van der Waals surface area (Å²) in [4.78, 5) is 0. The van der Waals surface area contributed by atoms with Gasteiger partial charge in [-0.25, -0.2) is 0 Å². The van der Waals surface area contributed by atoms with E-state index >= 15 is 0 Å². The summed E-state index contributed by atoms with van der Waals surface area (Å²) in [6.07, 6.45) is 4.18. The maximum absolute atomic E-state index is 6.04. The van der Waals surface area contributed by atoms with Gasteiger partial charge in [0.05, 0.1) is 14.2 Å². The van der Waals surface area contributed by atoms with E-state index in [0.29, 0.717) is 0 Å². The number of methoxy groups -OCH3 is 2. The normalized spacial score (nSPS) is 19.8. The van der Waals surface area contributed by atoms with Crippen molar-refractivity contribution in [2.75, 3.05) is 14.2 Å². The Hall–Kier alpha value is -1.22. The average Bonchev–Trinajstić information content (AvgIpc) is 2.48. The van der Waals surface area contributed by atoms with E-state index in [0.717, 1.165) is 37.2 Å². The minimum Gasteiger partial charge on any atom is -0.493 e. The molecule has 0 spiro atoms. The Kier molecular flexibility index (Phi) is 3.34. The molecule has 1 atom stereocenters. The fourth-order valence-electron chi connectivity index (χ4n) is 2.42. The average molecular weight is 221 g/mol. The zero-order valence-electron chi connectivity index (χ0n) is 9.95. The standard InChI is InChI=1S/C13H19NO2/c1-15-12-7-6-9-8-10(14)4-3-5-11(9)13(12)16-2/h6-7,10H,3-5,8,14H2,1-2H3/t10-/m0/s1. The number of hydrogen-bond acceptors (Lipinski definition) is 3. The number of benzene rings is 1. The Labute approximate surface area is 96.5 Å². The van der Waals surface area contributed by atoms with E-state index in [1.165, 1.54) is 11.1 Å². The van der Waals surface area contributed by atoms with Crippen molar-refractivity contribution in [3.05, 3.63) is 23.3 Å². The summed E-state index contributed by atoms with van der Waals surface area (Å²) in [6.45, 7) is 0. The second kappa shape index (κ2) is 4.74. The van der Waals surface area contributed by atoms with Gasteiger partial charge in [-0.15, -0.1) is 0 Å². The summed E-state index contributed by atoms with van der Waals surface area (Å²) in [5.41, 5.74) is 8.62. The van der Waals surface area contributed by atoms with Gasteiger partial charge in [0, 0.05) is 11.6 Å². The quantitative estimate of drug-likeness (QED) is 0.776. The van der Waals surface area contributed by atoms with Crippen LogP contribution in [0.2, 0.25) is 0 Å². The lowest BCUT2D eigenvalue weighted by atomic mass is 10.0. The Morgan fingerprint density at radius 2 is 2.06 bits per heavy atom. The van der Waals surface area contributed by atoms with Crippen LogP contribution in [0, 0.1) is 0 Å². The van der Waals surface area contributed by atoms with Crippen LogP contribution in [0.1, 0.15) is 24.0 Å². The van der Waals surface area contributed by atoms with Gasteiger partial charge in [-0.3, -0.25) is 0 Å². The zero-order valence-corrected chi connectivity index (χ0v) is 9.95. The van der Waals surface area contributed by atoms with Gasteiger partial charge in [0.25, 0.3) is 0 Å². The van der Waals surface area contributed by atoms with Gasteiger partial charge < -0.3 is 15.2 Å². The van der Waals surface area contributed by atoms with Crippen LogP contribution in [-0.4, -0.2) is 20.3 Å². The van der Waals surface area contributed by atoms with Crippen LogP contribution in [0.5, 0.6) is 11.5 Å². The molecule has 2 rings (SSSR count). The molecule has 88 valence electrons. The first-order chi connectivity index (χ1) is 7.76. The van der Waals surface area contributed by atoms with E-state index in [1.54, 1.807) is 14.2 Å². The van der Waals surface area contributed by atoms with Crippen LogP contribution in [-0.2, 0) is 12.8 Å². The molecule has 0 heterocycles. The SMILES string of the molecule is COc1ccc2c(c1OC)CCC[C@H](N)C2. The number of fused-ring (bicyclic) bond motifs is 1. The molecule has 0 amide bonds. The smallest absolute Gasteiger partial charge is 0.164 e. The molecule has 0 radical (unpaired) electrons. The summed E-state index contributed by atoms with van der Waals surface area (Å²) in [5, 5.41) is 0. The van der Waals surface area contributed by atoms with Crippen molar-refractivity contribution in [1.29, 1.82) is 0 Å². The van der Waals surface area contributed by atoms with Crippen molar-refractivity contribution >= 4 is 0 Å². The minimum atomic E-state index is 0.277. The van der Waals surface area contributed by atoms with Crippen LogP contribution in [0.4, 0.5) is 0 Å². The number of ether oxygens (including phenoxy) is 2. The van der Waals surface area contributed by atoms with Crippen molar-refractivity contribution in [3.63, 3.8) is 0 Å². The highest BCUT2D eigenvalue weighted by Gasteiger charge is 2.19. The number of rotatable bonds is 2. The van der Waals surface area contributed by atoms with Gasteiger partial charge in [0.15, 0.2) is 11.5 Å². The number of nitrogens with two attached hydrogens (primary N) is 1. The molecule has 0 aliphatic heterocycles. The summed E-state index contributed by atoms with van der Waals surface area (Å²) in [6, 6.07) is 4.36. The summed E-state index contributed by atoms with van der Waals surface area (Å²) in [7, 11) is 3.37. The molecule has 2 N–H and O–H groups in total. The highest BCUT2D eigenvalue weighted by atomic mass is 16.5. The van der Waals surface area contributed by atoms with E-state index in [4.69, 9.17) is 15.2 Å². The first kappa shape index (κ1) is 11.3. The van der Waals surface area contributed by atoms with Crippen LogP contribution >= 0.6 is 0 Å². The molecular weight excluding hydrogens is 202 g/mol. The van der Waals surface area contributed by atoms with Crippen molar-refractivity contribution in [1.82, 2.24) is 0 Å². The van der Waals surface area contributed by atoms with E-state index in [2.05, 4.69) is 6.07 Å². The second-order valence-electron chi connectivity index (χ2n) is 4.30. The molecular formula is C13H19NO2. The fourth-order valence-corrected chi connectivity index (χ4v) is 2.42. The molecule has 16 heavy (non-hydrogen) atoms. The zero-order chi connectivity index (χ0) is 11.5. The van der Waals surface area contributed by atoms with Crippen molar-refractivity contribution < 1.29 is 9.47 Å². The molecule has 1 aromatic rings. The van der Waals surface area contributed by atoms with Crippen LogP contribution in [0.3, 0.4) is 0 Å². The van der Waals surface area contributed by atoms with Crippen LogP contribution in [0.15, 0.2) is 12.1 Å². The molecule has 1 aromatic carbocycles. The van der Waals surface area contributed by atoms with Gasteiger partial charge in [0.1, 0.15) is 0 Å². The topological polar surface area (TPSA) is 44.5 Å². The minimum absolute atomic E-state index is 0.277. The Bertz CT molecular complexity index is 376. The Morgan fingerprint density at radius 1 is 1.25 bits per heavy atom. The van der Waals surface area contributed by atoms with Gasteiger partial charge in [-0.05, 0) is 37.3 Å². The molecule has 3 nitrogen and oxygen atoms in total. The first-order valence-corrected chi connectivity index (χ1v) is 5.74. The summed E-state index contributed by atoms with van der Waals surface area (Å²) >= 11 is 0. The molecule has 0 aromatic heterocycles. The predicted octanol–water partition coefficient (Wildman–Crippen LogP) is 1.91. The van der Waals surface area contributed by atoms with Gasteiger partial charge >= 0.3 is 0 Å². The van der Waals surface area contributed by atoms with Crippen LogP contribution < -0.4 is 15.2 Å². The third-order valence-electron chi connectivity index (χ3n) is 3.23. The van der Waals surface area contributed by atoms with Gasteiger partial charge in [-0.2, -0.15) is 0 Å². The molecule has 3 heteroatoms. The van der Waals surface area contributed by atoms with Crippen molar-refractivity contribution in [3.8, 4) is 11.5 Å². The fraction of sp³-hybridized carbons (Fsp3) is 0.538. The largest absolute Gasteiger partial charge is 0.493 e. The third-order valence-corrected chi connectivity index (χ3v) is 3.23. The first-order valence-electron chi connectivity index (χ1n) is 5.74. The van der Waals surface area contributed by atoms with E-state index in [9.17, 15) is 0 Å². The summed E-state index contributed by atoms with van der Waals surface area (Å²) < 4.78 is 10.8. The highest BCUT2D eigenvalue weighted by Crippen LogP contribution is 2.36. The number of hydrogen-bond donors (Lipinski definition) is 1. The molecule has 1 aliphatic carbocycles. The van der Waals surface area contributed by atoms with Gasteiger partial charge in [-0.1, -0.05) is 6.07 Å². The second-order valence-corrected chi connectivity index (χ2v) is 4.30. The monoisotopic (exact) mass is 221 g/mol. The predicted molar refractivity (Wildman–Crippen MR) is 64.2 cm³/mol. The molecule has 0 unspecified atom stereocenters. The molecule has 0 bridgehead atoms. The summed E-state index contributed by atoms with van der Waals surface area (Å²) in [5.74, 6) is 1.70. The molecule has 1 aliphatic rings. The lowest BCUT2D eigenvalue weighted by molar-refractivity contribution is 0.351. The highest BCUT2D eigenvalue weighted by molar-refractivity contribution is 5.51. The van der Waals surface area contributed by atoms with Gasteiger partial charge in [0.2, 0.25) is 0 Å². The van der Waals surface area contributed by atoms with Crippen LogP contribution in [0.25, 0.3) is 0 Å². The molecule has 0 saturated carbocycles. The van der Waals surface area contributed by atoms with E-state index in [1.807, 2.05) is 6.07 Å². The van der Waals surface area contributed by atoms with Crippen molar-refractivity contribution in [2.24, 2.45) is 5.73 Å². The molecule has 0 fully saturated rings. The lowest BCUT2D eigenvalue weighted by Crippen LogP contribution is -2.21. The van der Waals surface area contributed by atoms with E-state index in [-0.39, 0.29) is 6.04 Å². The Morgan fingerprint density at radius 3 is 2.75 bits per heavy atom. The Balaban J connectivity index is 2.46. The van der Waals surface area contributed by atoms with Crippen molar-refractivity contribution in [2.45, 2.75) is 31.7 Å². The third kappa shape index (κ3) is 2.00. The maximum Gasteiger partial charge on any atom is 0.164 e. The maximum atomic E-state index is 6.04.